The Bertz CT molecular complexity index is 534. The zero-order valence-electron chi connectivity index (χ0n) is 9.62. The van der Waals surface area contributed by atoms with E-state index in [9.17, 15) is 0 Å². The molecule has 1 heterocycles. The first-order valence-electron chi connectivity index (χ1n) is 5.97. The summed E-state index contributed by atoms with van der Waals surface area (Å²) in [5, 5.41) is 4.57. The van der Waals surface area contributed by atoms with Crippen LogP contribution in [0.1, 0.15) is 12.8 Å². The lowest BCUT2D eigenvalue weighted by atomic mass is 10.1. The van der Waals surface area contributed by atoms with Gasteiger partial charge in [0.25, 0.3) is 0 Å². The summed E-state index contributed by atoms with van der Waals surface area (Å²) in [6, 6.07) is 12.3. The number of nitrogens with one attached hydrogen (secondary N) is 1. The Balaban J connectivity index is 1.77. The maximum absolute atomic E-state index is 5.96. The molecule has 1 aromatic carbocycles. The number of rotatable bonds is 4. The molecule has 0 amide bonds. The summed E-state index contributed by atoms with van der Waals surface area (Å²) in [7, 11) is 0. The van der Waals surface area contributed by atoms with Crippen molar-refractivity contribution in [2.45, 2.75) is 12.8 Å². The lowest BCUT2D eigenvalue weighted by molar-refractivity contribution is 0.617. The first kappa shape index (κ1) is 10.8. The van der Waals surface area contributed by atoms with Crippen LogP contribution >= 0.6 is 11.6 Å². The van der Waals surface area contributed by atoms with Gasteiger partial charge < -0.3 is 5.32 Å². The predicted molar refractivity (Wildman–Crippen MR) is 72.6 cm³/mol. The average Bonchev–Trinajstić information content (AvgIpc) is 3.17. The molecule has 1 fully saturated rings. The first-order chi connectivity index (χ1) is 8.31. The fourth-order valence-electron chi connectivity index (χ4n) is 1.98. The number of hydrogen-bond acceptors (Lipinski definition) is 2. The summed E-state index contributed by atoms with van der Waals surface area (Å²) < 4.78 is 0. The first-order valence-corrected chi connectivity index (χ1v) is 6.50. The Morgan fingerprint density at radius 1 is 1.18 bits per heavy atom. The van der Waals surface area contributed by atoms with E-state index in [1.807, 2.05) is 24.3 Å². The minimum atomic E-state index is 0.328. The Labute approximate surface area is 106 Å². The van der Waals surface area contributed by atoms with Crippen molar-refractivity contribution in [2.75, 3.05) is 17.7 Å². The number of anilines is 1. The van der Waals surface area contributed by atoms with E-state index in [4.69, 9.17) is 11.6 Å². The van der Waals surface area contributed by atoms with Crippen LogP contribution in [-0.2, 0) is 0 Å². The summed E-state index contributed by atoms with van der Waals surface area (Å²) >= 11 is 5.96. The van der Waals surface area contributed by atoms with E-state index in [1.54, 1.807) is 0 Å². The van der Waals surface area contributed by atoms with Crippen LogP contribution < -0.4 is 5.32 Å². The van der Waals surface area contributed by atoms with E-state index in [0.717, 1.165) is 23.8 Å². The Morgan fingerprint density at radius 3 is 2.76 bits per heavy atom. The van der Waals surface area contributed by atoms with Crippen molar-refractivity contribution in [3.8, 4) is 0 Å². The Morgan fingerprint density at radius 2 is 2.00 bits per heavy atom. The van der Waals surface area contributed by atoms with Crippen LogP contribution in [0.25, 0.3) is 10.9 Å². The molecule has 1 saturated carbocycles. The van der Waals surface area contributed by atoms with Gasteiger partial charge in [0.2, 0.25) is 0 Å². The smallest absolute Gasteiger partial charge is 0.126 e. The van der Waals surface area contributed by atoms with Crippen molar-refractivity contribution in [3.63, 3.8) is 0 Å². The van der Waals surface area contributed by atoms with Crippen LogP contribution in [-0.4, -0.2) is 17.4 Å². The number of nitrogens with zero attached hydrogens (tertiary/aromatic N) is 1. The molecule has 2 aromatic rings. The van der Waals surface area contributed by atoms with Crippen LogP contribution in [0.2, 0.25) is 0 Å². The third-order valence-electron chi connectivity index (χ3n) is 3.48. The number of alkyl halides is 1. The van der Waals surface area contributed by atoms with Crippen LogP contribution in [0.3, 0.4) is 0 Å². The van der Waals surface area contributed by atoms with E-state index in [1.165, 1.54) is 18.2 Å². The summed E-state index contributed by atoms with van der Waals surface area (Å²) in [6.45, 7) is 0.932. The zero-order chi connectivity index (χ0) is 11.7. The fourth-order valence-corrected chi connectivity index (χ4v) is 2.34. The van der Waals surface area contributed by atoms with Crippen molar-refractivity contribution in [1.82, 2.24) is 4.98 Å². The summed E-state index contributed by atoms with van der Waals surface area (Å²) in [5.41, 5.74) is 1.36. The van der Waals surface area contributed by atoms with Crippen LogP contribution in [0.5, 0.6) is 0 Å². The van der Waals surface area contributed by atoms with Crippen LogP contribution in [0, 0.1) is 5.41 Å². The molecule has 0 radical (unpaired) electrons. The topological polar surface area (TPSA) is 24.9 Å². The standard InChI is InChI=1S/C14H15ClN2/c15-9-14(7-8-14)10-16-13-6-5-11-3-1-2-4-12(11)17-13/h1-6H,7-10H2,(H,16,17). The number of para-hydroxylation sites is 1. The Hall–Kier alpha value is -1.28. The maximum atomic E-state index is 5.96. The van der Waals surface area contributed by atoms with Crippen molar-refractivity contribution < 1.29 is 0 Å². The molecule has 3 heteroatoms. The number of benzene rings is 1. The number of fused-ring (bicyclic) bond motifs is 1. The SMILES string of the molecule is ClCC1(CNc2ccc3ccccc3n2)CC1. The molecule has 1 N–H and O–H groups in total. The third-order valence-corrected chi connectivity index (χ3v) is 4.05. The molecule has 0 aliphatic heterocycles. The van der Waals surface area contributed by atoms with E-state index in [2.05, 4.69) is 22.4 Å². The van der Waals surface area contributed by atoms with Gasteiger partial charge in [0.05, 0.1) is 5.52 Å². The molecule has 1 aliphatic carbocycles. The normalized spacial score (nSPS) is 17.0. The monoisotopic (exact) mass is 246 g/mol. The zero-order valence-corrected chi connectivity index (χ0v) is 10.4. The van der Waals surface area contributed by atoms with Gasteiger partial charge in [0, 0.05) is 23.2 Å². The second-order valence-corrected chi connectivity index (χ2v) is 5.14. The molecular formula is C14H15ClN2. The van der Waals surface area contributed by atoms with Crippen molar-refractivity contribution in [2.24, 2.45) is 5.41 Å². The minimum absolute atomic E-state index is 0.328. The van der Waals surface area contributed by atoms with Crippen molar-refractivity contribution in [1.29, 1.82) is 0 Å². The van der Waals surface area contributed by atoms with Gasteiger partial charge >= 0.3 is 0 Å². The molecule has 0 bridgehead atoms. The van der Waals surface area contributed by atoms with Crippen LogP contribution in [0.4, 0.5) is 5.82 Å². The molecule has 88 valence electrons. The highest BCUT2D eigenvalue weighted by Gasteiger charge is 2.41. The van der Waals surface area contributed by atoms with E-state index < -0.39 is 0 Å². The van der Waals surface area contributed by atoms with E-state index in [0.29, 0.717) is 5.41 Å². The van der Waals surface area contributed by atoms with E-state index in [-0.39, 0.29) is 0 Å². The molecule has 0 saturated heterocycles. The van der Waals surface area contributed by atoms with Gasteiger partial charge in [0.15, 0.2) is 0 Å². The fraction of sp³-hybridized carbons (Fsp3) is 0.357. The predicted octanol–water partition coefficient (Wildman–Crippen LogP) is 3.67. The number of aromatic nitrogens is 1. The van der Waals surface area contributed by atoms with Crippen molar-refractivity contribution >= 4 is 28.3 Å². The molecule has 2 nitrogen and oxygen atoms in total. The lowest BCUT2D eigenvalue weighted by Crippen LogP contribution is -2.17. The molecule has 1 aliphatic rings. The van der Waals surface area contributed by atoms with Gasteiger partial charge in [0.1, 0.15) is 5.82 Å². The van der Waals surface area contributed by atoms with Gasteiger partial charge in [-0.25, -0.2) is 4.98 Å². The molecular weight excluding hydrogens is 232 g/mol. The second kappa shape index (κ2) is 4.19. The van der Waals surface area contributed by atoms with Crippen molar-refractivity contribution in [3.05, 3.63) is 36.4 Å². The Kier molecular flexibility index (Phi) is 2.67. The molecule has 3 rings (SSSR count). The van der Waals surface area contributed by atoms with Gasteiger partial charge in [-0.1, -0.05) is 18.2 Å². The van der Waals surface area contributed by atoms with Gasteiger partial charge in [-0.3, -0.25) is 0 Å². The molecule has 1 aromatic heterocycles. The minimum Gasteiger partial charge on any atom is -0.369 e. The summed E-state index contributed by atoms with van der Waals surface area (Å²) in [4.78, 5) is 4.59. The molecule has 0 atom stereocenters. The molecule has 17 heavy (non-hydrogen) atoms. The maximum Gasteiger partial charge on any atom is 0.126 e. The summed E-state index contributed by atoms with van der Waals surface area (Å²) in [6.07, 6.45) is 2.47. The third kappa shape index (κ3) is 2.22. The number of halogens is 1. The second-order valence-electron chi connectivity index (χ2n) is 4.88. The quantitative estimate of drug-likeness (QED) is 0.833. The van der Waals surface area contributed by atoms with Gasteiger partial charge in [-0.05, 0) is 31.0 Å². The molecule has 0 unspecified atom stereocenters. The number of pyridine rings is 1. The highest BCUT2D eigenvalue weighted by Crippen LogP contribution is 2.46. The highest BCUT2D eigenvalue weighted by atomic mass is 35.5. The van der Waals surface area contributed by atoms with E-state index >= 15 is 0 Å². The molecule has 0 spiro atoms. The summed E-state index contributed by atoms with van der Waals surface area (Å²) in [5.74, 6) is 1.69. The van der Waals surface area contributed by atoms with Gasteiger partial charge in [-0.15, -0.1) is 11.6 Å². The lowest BCUT2D eigenvalue weighted by Gasteiger charge is -2.13. The largest absolute Gasteiger partial charge is 0.369 e. The highest BCUT2D eigenvalue weighted by molar-refractivity contribution is 6.18. The number of hydrogen-bond donors (Lipinski definition) is 1. The average molecular weight is 247 g/mol. The van der Waals surface area contributed by atoms with Gasteiger partial charge in [-0.2, -0.15) is 0 Å². The van der Waals surface area contributed by atoms with Crippen LogP contribution in [0.15, 0.2) is 36.4 Å².